The van der Waals surface area contributed by atoms with Crippen LogP contribution in [0.15, 0.2) is 42.5 Å². The van der Waals surface area contributed by atoms with Crippen LogP contribution in [0, 0.1) is 5.82 Å². The van der Waals surface area contributed by atoms with Crippen molar-refractivity contribution in [2.75, 3.05) is 11.5 Å². The van der Waals surface area contributed by atoms with Gasteiger partial charge in [-0.15, -0.1) is 0 Å². The highest BCUT2D eigenvalue weighted by molar-refractivity contribution is 6.34. The van der Waals surface area contributed by atoms with Gasteiger partial charge in [0.05, 0.1) is 23.4 Å². The van der Waals surface area contributed by atoms with Crippen molar-refractivity contribution in [1.82, 2.24) is 0 Å². The molecule has 0 spiro atoms. The van der Waals surface area contributed by atoms with Crippen molar-refractivity contribution >= 4 is 17.5 Å². The van der Waals surface area contributed by atoms with E-state index < -0.39 is 17.6 Å². The molecule has 0 aliphatic carbocycles. The van der Waals surface area contributed by atoms with Crippen LogP contribution < -0.4 is 9.64 Å². The van der Waals surface area contributed by atoms with Gasteiger partial charge in [0.25, 0.3) is 11.8 Å². The molecule has 2 aromatic carbocycles. The number of imide groups is 1. The second-order valence-corrected chi connectivity index (χ2v) is 4.54. The van der Waals surface area contributed by atoms with Crippen molar-refractivity contribution in [3.05, 3.63) is 59.4 Å². The van der Waals surface area contributed by atoms with Crippen molar-refractivity contribution in [1.29, 1.82) is 0 Å². The minimum Gasteiger partial charge on any atom is -0.492 e. The summed E-state index contributed by atoms with van der Waals surface area (Å²) in [4.78, 5) is 25.8. The Morgan fingerprint density at radius 2 is 1.67 bits per heavy atom. The molecule has 0 fully saturated rings. The summed E-state index contributed by atoms with van der Waals surface area (Å²) in [6.45, 7) is 2.05. The van der Waals surface area contributed by atoms with Gasteiger partial charge in [-0.2, -0.15) is 0 Å². The van der Waals surface area contributed by atoms with E-state index in [9.17, 15) is 14.0 Å². The first-order valence-electron chi connectivity index (χ1n) is 6.53. The van der Waals surface area contributed by atoms with Gasteiger partial charge in [0.1, 0.15) is 11.6 Å². The normalized spacial score (nSPS) is 13.5. The summed E-state index contributed by atoms with van der Waals surface area (Å²) in [6.07, 6.45) is 0. The SMILES string of the molecule is CCOc1cc(F)ccc1N1C(=O)c2ccccc2C1=O. The number of hydrogen-bond acceptors (Lipinski definition) is 3. The van der Waals surface area contributed by atoms with Gasteiger partial charge < -0.3 is 4.74 Å². The zero-order chi connectivity index (χ0) is 15.0. The Labute approximate surface area is 120 Å². The van der Waals surface area contributed by atoms with Gasteiger partial charge >= 0.3 is 0 Å². The average molecular weight is 285 g/mol. The van der Waals surface area contributed by atoms with E-state index in [4.69, 9.17) is 4.74 Å². The van der Waals surface area contributed by atoms with E-state index in [1.807, 2.05) is 0 Å². The third-order valence-corrected chi connectivity index (χ3v) is 3.26. The number of benzene rings is 2. The van der Waals surface area contributed by atoms with E-state index in [2.05, 4.69) is 0 Å². The molecule has 5 heteroatoms. The summed E-state index contributed by atoms with van der Waals surface area (Å²) in [5.41, 5.74) is 0.938. The van der Waals surface area contributed by atoms with Crippen LogP contribution in [0.5, 0.6) is 5.75 Å². The van der Waals surface area contributed by atoms with Crippen LogP contribution in [-0.2, 0) is 0 Å². The first-order valence-corrected chi connectivity index (χ1v) is 6.53. The summed E-state index contributed by atoms with van der Waals surface area (Å²) in [7, 11) is 0. The Kier molecular flexibility index (Phi) is 3.17. The van der Waals surface area contributed by atoms with E-state index in [-0.39, 0.29) is 11.4 Å². The summed E-state index contributed by atoms with van der Waals surface area (Å²) in [5.74, 6) is -1.17. The maximum absolute atomic E-state index is 13.3. The molecule has 4 nitrogen and oxygen atoms in total. The number of fused-ring (bicyclic) bond motifs is 1. The van der Waals surface area contributed by atoms with E-state index in [1.54, 1.807) is 31.2 Å². The molecule has 0 radical (unpaired) electrons. The second-order valence-electron chi connectivity index (χ2n) is 4.54. The number of carbonyl (C=O) groups is 2. The predicted molar refractivity (Wildman–Crippen MR) is 75.2 cm³/mol. The van der Waals surface area contributed by atoms with Gasteiger partial charge in [-0.3, -0.25) is 9.59 Å². The van der Waals surface area contributed by atoms with E-state index >= 15 is 0 Å². The van der Waals surface area contributed by atoms with Crippen LogP contribution >= 0.6 is 0 Å². The summed E-state index contributed by atoms with van der Waals surface area (Å²) in [6, 6.07) is 10.3. The summed E-state index contributed by atoms with van der Waals surface area (Å²) >= 11 is 0. The highest BCUT2D eigenvalue weighted by atomic mass is 19.1. The number of amides is 2. The molecular formula is C16H12FNO3. The highest BCUT2D eigenvalue weighted by Crippen LogP contribution is 2.35. The molecule has 21 heavy (non-hydrogen) atoms. The van der Waals surface area contributed by atoms with Gasteiger partial charge in [0.15, 0.2) is 0 Å². The molecule has 0 N–H and O–H groups in total. The molecular weight excluding hydrogens is 273 g/mol. The monoisotopic (exact) mass is 285 g/mol. The molecule has 106 valence electrons. The van der Waals surface area contributed by atoms with E-state index in [0.717, 1.165) is 4.90 Å². The lowest BCUT2D eigenvalue weighted by molar-refractivity contribution is 0.0925. The molecule has 0 atom stereocenters. The third kappa shape index (κ3) is 2.07. The Morgan fingerprint density at radius 1 is 1.05 bits per heavy atom. The van der Waals surface area contributed by atoms with Crippen molar-refractivity contribution in [3.63, 3.8) is 0 Å². The van der Waals surface area contributed by atoms with Crippen molar-refractivity contribution in [2.45, 2.75) is 6.92 Å². The van der Waals surface area contributed by atoms with Crippen LogP contribution in [0.4, 0.5) is 10.1 Å². The van der Waals surface area contributed by atoms with Gasteiger partial charge in [-0.1, -0.05) is 12.1 Å². The van der Waals surface area contributed by atoms with Crippen LogP contribution in [0.3, 0.4) is 0 Å². The standard InChI is InChI=1S/C16H12FNO3/c1-2-21-14-9-10(17)7-8-13(14)18-15(19)11-5-3-4-6-12(11)16(18)20/h3-9H,2H2,1H3. The van der Waals surface area contributed by atoms with Gasteiger partial charge in [0.2, 0.25) is 0 Å². The van der Waals surface area contributed by atoms with Crippen molar-refractivity contribution in [2.24, 2.45) is 0 Å². The Morgan fingerprint density at radius 3 is 2.24 bits per heavy atom. The molecule has 2 aromatic rings. The first-order chi connectivity index (χ1) is 10.1. The van der Waals surface area contributed by atoms with Crippen LogP contribution in [0.1, 0.15) is 27.6 Å². The number of carbonyl (C=O) groups excluding carboxylic acids is 2. The Balaban J connectivity index is 2.11. The number of anilines is 1. The smallest absolute Gasteiger partial charge is 0.266 e. The maximum atomic E-state index is 13.3. The van der Waals surface area contributed by atoms with E-state index in [1.165, 1.54) is 18.2 Å². The molecule has 2 amide bonds. The number of hydrogen-bond donors (Lipinski definition) is 0. The highest BCUT2D eigenvalue weighted by Gasteiger charge is 2.37. The second kappa shape index (κ2) is 5.01. The molecule has 3 rings (SSSR count). The number of rotatable bonds is 3. The van der Waals surface area contributed by atoms with Crippen LogP contribution in [0.25, 0.3) is 0 Å². The maximum Gasteiger partial charge on any atom is 0.266 e. The van der Waals surface area contributed by atoms with Crippen LogP contribution in [0.2, 0.25) is 0 Å². The third-order valence-electron chi connectivity index (χ3n) is 3.26. The zero-order valence-electron chi connectivity index (χ0n) is 11.3. The average Bonchev–Trinajstić information content (AvgIpc) is 2.73. The summed E-state index contributed by atoms with van der Waals surface area (Å²) < 4.78 is 18.7. The minimum atomic E-state index is -0.487. The molecule has 1 aliphatic rings. The lowest BCUT2D eigenvalue weighted by atomic mass is 10.1. The molecule has 0 unspecified atom stereocenters. The fourth-order valence-electron chi connectivity index (χ4n) is 2.35. The summed E-state index contributed by atoms with van der Waals surface area (Å²) in [5, 5.41) is 0. The first kappa shape index (κ1) is 13.3. The van der Waals surface area contributed by atoms with Gasteiger partial charge in [0, 0.05) is 6.07 Å². The quantitative estimate of drug-likeness (QED) is 0.814. The largest absolute Gasteiger partial charge is 0.492 e. The fraction of sp³-hybridized carbons (Fsp3) is 0.125. The zero-order valence-corrected chi connectivity index (χ0v) is 11.3. The lowest BCUT2D eigenvalue weighted by Gasteiger charge is -2.18. The lowest BCUT2D eigenvalue weighted by Crippen LogP contribution is -2.29. The topological polar surface area (TPSA) is 46.6 Å². The van der Waals surface area contributed by atoms with Gasteiger partial charge in [-0.05, 0) is 31.2 Å². The molecule has 0 saturated carbocycles. The number of halogens is 1. The van der Waals surface area contributed by atoms with Crippen molar-refractivity contribution < 1.29 is 18.7 Å². The van der Waals surface area contributed by atoms with E-state index in [0.29, 0.717) is 17.7 Å². The fourth-order valence-corrected chi connectivity index (χ4v) is 2.35. The number of nitrogens with zero attached hydrogens (tertiary/aromatic N) is 1. The molecule has 1 aliphatic heterocycles. The van der Waals surface area contributed by atoms with Gasteiger partial charge in [-0.25, -0.2) is 9.29 Å². The Bertz CT molecular complexity index is 707. The molecule has 0 saturated heterocycles. The number of ether oxygens (including phenoxy) is 1. The molecule has 0 aromatic heterocycles. The molecule has 0 bridgehead atoms. The Hall–Kier alpha value is -2.69. The minimum absolute atomic E-state index is 0.173. The predicted octanol–water partition coefficient (Wildman–Crippen LogP) is 3.03. The molecule has 1 heterocycles. The van der Waals surface area contributed by atoms with Crippen LogP contribution in [-0.4, -0.2) is 18.4 Å². The van der Waals surface area contributed by atoms with Crippen molar-refractivity contribution in [3.8, 4) is 5.75 Å².